The van der Waals surface area contributed by atoms with Gasteiger partial charge in [0.25, 0.3) is 0 Å². The van der Waals surface area contributed by atoms with Crippen molar-refractivity contribution in [2.75, 3.05) is 0 Å². The van der Waals surface area contributed by atoms with Crippen LogP contribution in [0.3, 0.4) is 0 Å². The van der Waals surface area contributed by atoms with E-state index in [9.17, 15) is 14.8 Å². The molecule has 1 aromatic rings. The minimum absolute atomic E-state index is 0.0839. The van der Waals surface area contributed by atoms with Gasteiger partial charge in [-0.3, -0.25) is 0 Å². The van der Waals surface area contributed by atoms with Crippen molar-refractivity contribution < 1.29 is 15.0 Å². The fraction of sp³-hybridized carbons (Fsp3) is 0.308. The van der Waals surface area contributed by atoms with Crippen molar-refractivity contribution in [2.45, 2.75) is 26.2 Å². The summed E-state index contributed by atoms with van der Waals surface area (Å²) in [5.74, 6) is -2.00. The van der Waals surface area contributed by atoms with E-state index >= 15 is 0 Å². The number of aliphatic hydroxyl groups is 1. The second-order valence-electron chi connectivity index (χ2n) is 3.87. The van der Waals surface area contributed by atoms with E-state index < -0.39 is 17.4 Å². The van der Waals surface area contributed by atoms with E-state index in [-0.39, 0.29) is 6.42 Å². The molecule has 0 atom stereocenters. The Balaban J connectivity index is 2.75. The standard InChI is InChI=1S/C13H15NO4/c1-2-9-4-3-5-10(8-9)6-7-11(15)12(14-18)13(16)17/h3-5,8,15H,2,6-7H2,1H3,(H,16,17). The largest absolute Gasteiger partial charge is 0.510 e. The van der Waals surface area contributed by atoms with Crippen molar-refractivity contribution in [2.24, 2.45) is 5.18 Å². The van der Waals surface area contributed by atoms with Gasteiger partial charge in [0.05, 0.1) is 0 Å². The van der Waals surface area contributed by atoms with Gasteiger partial charge in [-0.15, -0.1) is 4.91 Å². The van der Waals surface area contributed by atoms with Gasteiger partial charge in [-0.1, -0.05) is 31.2 Å². The number of nitrogens with zero attached hydrogens (tertiary/aromatic N) is 1. The highest BCUT2D eigenvalue weighted by molar-refractivity contribution is 5.86. The number of hydrogen-bond acceptors (Lipinski definition) is 4. The van der Waals surface area contributed by atoms with E-state index in [2.05, 4.69) is 5.18 Å². The Morgan fingerprint density at radius 2 is 1.94 bits per heavy atom. The molecule has 0 spiro atoms. The molecule has 0 fully saturated rings. The number of hydrogen-bond donors (Lipinski definition) is 2. The van der Waals surface area contributed by atoms with Gasteiger partial charge in [0.2, 0.25) is 5.70 Å². The summed E-state index contributed by atoms with van der Waals surface area (Å²) >= 11 is 0. The summed E-state index contributed by atoms with van der Waals surface area (Å²) in [5.41, 5.74) is 1.33. The minimum atomic E-state index is -1.51. The van der Waals surface area contributed by atoms with Crippen LogP contribution < -0.4 is 0 Å². The van der Waals surface area contributed by atoms with Crippen molar-refractivity contribution in [3.63, 3.8) is 0 Å². The number of rotatable bonds is 6. The van der Waals surface area contributed by atoms with E-state index in [4.69, 9.17) is 5.11 Å². The Bertz CT molecular complexity index is 480. The zero-order valence-corrected chi connectivity index (χ0v) is 10.1. The zero-order chi connectivity index (χ0) is 13.5. The number of carboxylic acid groups (broad SMARTS) is 1. The van der Waals surface area contributed by atoms with Gasteiger partial charge in [0, 0.05) is 6.42 Å². The summed E-state index contributed by atoms with van der Waals surface area (Å²) in [5, 5.41) is 20.4. The van der Waals surface area contributed by atoms with Gasteiger partial charge < -0.3 is 10.2 Å². The van der Waals surface area contributed by atoms with Gasteiger partial charge in [0.1, 0.15) is 5.76 Å². The van der Waals surface area contributed by atoms with E-state index in [0.29, 0.717) is 6.42 Å². The van der Waals surface area contributed by atoms with Crippen molar-refractivity contribution in [1.29, 1.82) is 0 Å². The number of aliphatic carboxylic acids is 1. The van der Waals surface area contributed by atoms with Gasteiger partial charge in [0.15, 0.2) is 0 Å². The number of carboxylic acids is 1. The zero-order valence-electron chi connectivity index (χ0n) is 10.1. The van der Waals surface area contributed by atoms with E-state index in [1.165, 1.54) is 5.56 Å². The summed E-state index contributed by atoms with van der Waals surface area (Å²) in [6, 6.07) is 7.78. The Hall–Kier alpha value is -2.17. The maximum atomic E-state index is 10.6. The maximum absolute atomic E-state index is 10.6. The van der Waals surface area contributed by atoms with Gasteiger partial charge in [-0.2, -0.15) is 0 Å². The van der Waals surface area contributed by atoms with Crippen LogP contribution in [0.4, 0.5) is 0 Å². The summed E-state index contributed by atoms with van der Waals surface area (Å²) in [4.78, 5) is 20.8. The van der Waals surface area contributed by atoms with Crippen LogP contribution in [-0.2, 0) is 17.6 Å². The van der Waals surface area contributed by atoms with Crippen LogP contribution in [0.1, 0.15) is 24.5 Å². The second-order valence-corrected chi connectivity index (χ2v) is 3.87. The van der Waals surface area contributed by atoms with Crippen LogP contribution >= 0.6 is 0 Å². The van der Waals surface area contributed by atoms with E-state index in [1.807, 2.05) is 31.2 Å². The Kier molecular flexibility index (Phi) is 5.05. The fourth-order valence-corrected chi connectivity index (χ4v) is 1.60. The molecule has 0 bridgehead atoms. The Labute approximate surface area is 105 Å². The molecule has 0 aliphatic carbocycles. The number of aliphatic hydroxyl groups excluding tert-OH is 1. The summed E-state index contributed by atoms with van der Waals surface area (Å²) < 4.78 is 0. The number of nitroso groups, excluding NO2 is 1. The number of allylic oxidation sites excluding steroid dienone is 1. The first-order valence-corrected chi connectivity index (χ1v) is 5.65. The maximum Gasteiger partial charge on any atom is 0.361 e. The summed E-state index contributed by atoms with van der Waals surface area (Å²) in [6.45, 7) is 2.04. The van der Waals surface area contributed by atoms with Crippen LogP contribution in [0.25, 0.3) is 0 Å². The van der Waals surface area contributed by atoms with E-state index in [0.717, 1.165) is 12.0 Å². The molecule has 5 heteroatoms. The highest BCUT2D eigenvalue weighted by Gasteiger charge is 2.14. The SMILES string of the molecule is CCc1cccc(CCC(O)=C(N=O)C(=O)O)c1. The molecule has 1 aromatic carbocycles. The predicted molar refractivity (Wildman–Crippen MR) is 67.2 cm³/mol. The highest BCUT2D eigenvalue weighted by atomic mass is 16.4. The third-order valence-corrected chi connectivity index (χ3v) is 2.62. The first-order valence-electron chi connectivity index (χ1n) is 5.65. The van der Waals surface area contributed by atoms with Crippen molar-refractivity contribution >= 4 is 5.97 Å². The van der Waals surface area contributed by atoms with Crippen molar-refractivity contribution in [3.8, 4) is 0 Å². The second kappa shape index (κ2) is 6.54. The monoisotopic (exact) mass is 249 g/mol. The van der Waals surface area contributed by atoms with Crippen molar-refractivity contribution in [1.82, 2.24) is 0 Å². The fourth-order valence-electron chi connectivity index (χ4n) is 1.60. The molecule has 0 aromatic heterocycles. The number of aryl methyl sites for hydroxylation is 2. The molecule has 0 aliphatic rings. The molecule has 18 heavy (non-hydrogen) atoms. The first kappa shape index (κ1) is 13.9. The molecule has 0 saturated carbocycles. The van der Waals surface area contributed by atoms with Crippen LogP contribution in [0, 0.1) is 4.91 Å². The lowest BCUT2D eigenvalue weighted by Crippen LogP contribution is -2.03. The minimum Gasteiger partial charge on any atom is -0.510 e. The normalized spacial score (nSPS) is 11.8. The third kappa shape index (κ3) is 3.69. The molecule has 0 amide bonds. The Morgan fingerprint density at radius 3 is 2.50 bits per heavy atom. The van der Waals surface area contributed by atoms with E-state index in [1.54, 1.807) is 0 Å². The molecular weight excluding hydrogens is 234 g/mol. The average molecular weight is 249 g/mol. The predicted octanol–water partition coefficient (Wildman–Crippen LogP) is 2.80. The molecule has 96 valence electrons. The van der Waals surface area contributed by atoms with Gasteiger partial charge in [-0.25, -0.2) is 4.79 Å². The number of benzene rings is 1. The summed E-state index contributed by atoms with van der Waals surface area (Å²) in [6.07, 6.45) is 1.46. The smallest absolute Gasteiger partial charge is 0.361 e. The molecule has 2 N–H and O–H groups in total. The molecule has 0 heterocycles. The lowest BCUT2D eigenvalue weighted by molar-refractivity contribution is -0.132. The average Bonchev–Trinajstić information content (AvgIpc) is 2.37. The molecule has 0 saturated heterocycles. The third-order valence-electron chi connectivity index (χ3n) is 2.62. The molecule has 0 unspecified atom stereocenters. The molecular formula is C13H15NO4. The van der Waals surface area contributed by atoms with Crippen LogP contribution in [0.5, 0.6) is 0 Å². The van der Waals surface area contributed by atoms with Gasteiger partial charge in [-0.05, 0) is 29.1 Å². The van der Waals surface area contributed by atoms with Crippen molar-refractivity contribution in [3.05, 3.63) is 51.8 Å². The van der Waals surface area contributed by atoms with Crippen LogP contribution in [0.2, 0.25) is 0 Å². The molecule has 0 aliphatic heterocycles. The molecule has 5 nitrogen and oxygen atoms in total. The van der Waals surface area contributed by atoms with Gasteiger partial charge >= 0.3 is 5.97 Å². The highest BCUT2D eigenvalue weighted by Crippen LogP contribution is 2.13. The quantitative estimate of drug-likeness (QED) is 0.461. The van der Waals surface area contributed by atoms with Crippen LogP contribution in [-0.4, -0.2) is 16.2 Å². The Morgan fingerprint density at radius 1 is 1.28 bits per heavy atom. The van der Waals surface area contributed by atoms with Crippen LogP contribution in [0.15, 0.2) is 40.9 Å². The number of carbonyl (C=O) groups is 1. The summed E-state index contributed by atoms with van der Waals surface area (Å²) in [7, 11) is 0. The molecule has 1 rings (SSSR count). The molecule has 0 radical (unpaired) electrons. The lowest BCUT2D eigenvalue weighted by Gasteiger charge is -2.04. The first-order chi connectivity index (χ1) is 8.58. The topological polar surface area (TPSA) is 87.0 Å². The lowest BCUT2D eigenvalue weighted by atomic mass is 10.0.